The largest absolute Gasteiger partial charge is 0.305 e. The van der Waals surface area contributed by atoms with Crippen molar-refractivity contribution in [2.24, 2.45) is 0 Å². The van der Waals surface area contributed by atoms with Gasteiger partial charge in [-0.25, -0.2) is 9.78 Å². The van der Waals surface area contributed by atoms with Crippen LogP contribution < -0.4 is 5.32 Å². The molecule has 0 radical (unpaired) electrons. The molecule has 0 aromatic heterocycles. The van der Waals surface area contributed by atoms with Crippen LogP contribution in [0.25, 0.3) is 5.57 Å². The van der Waals surface area contributed by atoms with Crippen molar-refractivity contribution in [1.82, 2.24) is 5.32 Å². The highest BCUT2D eigenvalue weighted by Gasteiger charge is 2.30. The van der Waals surface area contributed by atoms with Crippen molar-refractivity contribution in [1.29, 1.82) is 0 Å². The van der Waals surface area contributed by atoms with E-state index in [-0.39, 0.29) is 22.8 Å². The minimum Gasteiger partial charge on any atom is -0.305 e. The molecule has 1 aromatic carbocycles. The van der Waals surface area contributed by atoms with Crippen molar-refractivity contribution in [2.45, 2.75) is 97.9 Å². The summed E-state index contributed by atoms with van der Waals surface area (Å²) in [6, 6.07) is 8.86. The number of rotatable bonds is 10. The molecule has 0 spiro atoms. The summed E-state index contributed by atoms with van der Waals surface area (Å²) in [7, 11) is 0. The Morgan fingerprint density at radius 3 is 2.19 bits per heavy atom. The van der Waals surface area contributed by atoms with E-state index in [1.54, 1.807) is 0 Å². The third-order valence-corrected chi connectivity index (χ3v) is 4.83. The van der Waals surface area contributed by atoms with Crippen LogP contribution in [-0.4, -0.2) is 17.2 Å². The molecule has 3 heteroatoms. The third kappa shape index (κ3) is 7.22. The van der Waals surface area contributed by atoms with Gasteiger partial charge in [0.15, 0.2) is 0 Å². The highest BCUT2D eigenvalue weighted by atomic mass is 17.2. The molecule has 0 aliphatic carbocycles. The molecule has 1 unspecified atom stereocenters. The first-order valence-electron chi connectivity index (χ1n) is 9.69. The number of allylic oxidation sites excluding steroid dienone is 1. The van der Waals surface area contributed by atoms with E-state index < -0.39 is 0 Å². The molecule has 26 heavy (non-hydrogen) atoms. The van der Waals surface area contributed by atoms with Gasteiger partial charge in [0.2, 0.25) is 0 Å². The van der Waals surface area contributed by atoms with Crippen LogP contribution in [0.3, 0.4) is 0 Å². The summed E-state index contributed by atoms with van der Waals surface area (Å²) in [6.07, 6.45) is 1.75. The lowest BCUT2D eigenvalue weighted by Gasteiger charge is -2.36. The Hall–Kier alpha value is -1.16. The summed E-state index contributed by atoms with van der Waals surface area (Å²) in [5.74, 6) is 0. The van der Waals surface area contributed by atoms with Crippen LogP contribution in [-0.2, 0) is 15.3 Å². The van der Waals surface area contributed by atoms with E-state index in [1.165, 1.54) is 11.1 Å². The molecule has 0 heterocycles. The average Bonchev–Trinajstić information content (AvgIpc) is 2.52. The average molecular weight is 362 g/mol. The monoisotopic (exact) mass is 361 g/mol. The molecule has 0 amide bonds. The van der Waals surface area contributed by atoms with Gasteiger partial charge in [-0.2, -0.15) is 0 Å². The maximum Gasteiger partial charge on any atom is 0.0995 e. The normalized spacial score (nSPS) is 14.3. The van der Waals surface area contributed by atoms with Crippen molar-refractivity contribution in [3.05, 3.63) is 42.0 Å². The fourth-order valence-corrected chi connectivity index (χ4v) is 2.98. The molecule has 1 aromatic rings. The molecule has 1 N–H and O–H groups in total. The highest BCUT2D eigenvalue weighted by molar-refractivity contribution is 5.62. The lowest BCUT2D eigenvalue weighted by Crippen LogP contribution is -2.46. The predicted molar refractivity (Wildman–Crippen MR) is 112 cm³/mol. The third-order valence-electron chi connectivity index (χ3n) is 4.83. The van der Waals surface area contributed by atoms with Crippen LogP contribution in [0.15, 0.2) is 30.8 Å². The molecular weight excluding hydrogens is 322 g/mol. The van der Waals surface area contributed by atoms with E-state index in [0.717, 1.165) is 18.4 Å². The van der Waals surface area contributed by atoms with E-state index in [0.29, 0.717) is 0 Å². The van der Waals surface area contributed by atoms with E-state index in [9.17, 15) is 0 Å². The van der Waals surface area contributed by atoms with Crippen LogP contribution in [0, 0.1) is 0 Å². The van der Waals surface area contributed by atoms with Crippen LogP contribution in [0.4, 0.5) is 0 Å². The summed E-state index contributed by atoms with van der Waals surface area (Å²) in [5, 5.41) is 3.74. The van der Waals surface area contributed by atoms with Crippen molar-refractivity contribution in [2.75, 3.05) is 0 Å². The Morgan fingerprint density at radius 2 is 1.65 bits per heavy atom. The number of hydrogen-bond acceptors (Lipinski definition) is 3. The summed E-state index contributed by atoms with van der Waals surface area (Å²) < 4.78 is 0. The zero-order chi connectivity index (χ0) is 20.2. The summed E-state index contributed by atoms with van der Waals surface area (Å²) in [6.45, 7) is 23.1. The molecule has 0 saturated carbocycles. The lowest BCUT2D eigenvalue weighted by atomic mass is 9.89. The zero-order valence-corrected chi connectivity index (χ0v) is 18.3. The van der Waals surface area contributed by atoms with Gasteiger partial charge in [0.05, 0.1) is 11.2 Å². The molecule has 0 aliphatic rings. The molecule has 0 bridgehead atoms. The van der Waals surface area contributed by atoms with E-state index in [1.807, 2.05) is 20.8 Å². The molecule has 3 nitrogen and oxygen atoms in total. The van der Waals surface area contributed by atoms with E-state index in [2.05, 4.69) is 77.7 Å². The molecule has 0 saturated heterocycles. The van der Waals surface area contributed by atoms with Crippen molar-refractivity contribution in [3.63, 3.8) is 0 Å². The van der Waals surface area contributed by atoms with Crippen LogP contribution in [0.1, 0.15) is 86.3 Å². The van der Waals surface area contributed by atoms with Crippen molar-refractivity contribution in [3.8, 4) is 0 Å². The van der Waals surface area contributed by atoms with Gasteiger partial charge in [0, 0.05) is 11.6 Å². The van der Waals surface area contributed by atoms with Gasteiger partial charge < -0.3 is 5.32 Å². The van der Waals surface area contributed by atoms with Gasteiger partial charge in [-0.1, -0.05) is 37.3 Å². The van der Waals surface area contributed by atoms with Gasteiger partial charge >= 0.3 is 0 Å². The molecule has 0 aliphatic heterocycles. The minimum atomic E-state index is -0.367. The highest BCUT2D eigenvalue weighted by Crippen LogP contribution is 2.27. The fourth-order valence-electron chi connectivity index (χ4n) is 2.98. The first kappa shape index (κ1) is 22.9. The minimum absolute atomic E-state index is 0.148. The van der Waals surface area contributed by atoms with E-state index in [4.69, 9.17) is 9.78 Å². The summed E-state index contributed by atoms with van der Waals surface area (Å²) in [4.78, 5) is 11.4. The SMILES string of the molecule is C=C(C)c1cccc(C(C)(C)NC(C)CC(C)(C)OOC(C)(C)CC)c1. The molecule has 1 rings (SSSR count). The molecule has 0 fully saturated rings. The Labute approximate surface area is 161 Å². The van der Waals surface area contributed by atoms with Crippen molar-refractivity contribution >= 4 is 5.57 Å². The number of benzene rings is 1. The quantitative estimate of drug-likeness (QED) is 0.395. The fraction of sp³-hybridized carbons (Fsp3) is 0.652. The van der Waals surface area contributed by atoms with E-state index >= 15 is 0 Å². The maximum atomic E-state index is 5.78. The van der Waals surface area contributed by atoms with Crippen LogP contribution in [0.2, 0.25) is 0 Å². The van der Waals surface area contributed by atoms with Gasteiger partial charge in [-0.15, -0.1) is 0 Å². The lowest BCUT2D eigenvalue weighted by molar-refractivity contribution is -0.402. The van der Waals surface area contributed by atoms with Crippen LogP contribution >= 0.6 is 0 Å². The van der Waals surface area contributed by atoms with Gasteiger partial charge in [-0.05, 0) is 85.4 Å². The number of hydrogen-bond donors (Lipinski definition) is 1. The van der Waals surface area contributed by atoms with Crippen LogP contribution in [0.5, 0.6) is 0 Å². The maximum absolute atomic E-state index is 5.78. The summed E-state index contributed by atoms with van der Waals surface area (Å²) >= 11 is 0. The standard InChI is InChI=1S/C23H39NO2/c1-11-21(5,6)25-26-22(7,8)16-18(4)24-23(9,10)20-14-12-13-19(15-20)17(2)3/h12-15,18,24H,2,11,16H2,1,3-10H3. The Balaban J connectivity index is 2.74. The Kier molecular flexibility index (Phi) is 7.64. The smallest absolute Gasteiger partial charge is 0.0995 e. The second-order valence-corrected chi connectivity index (χ2v) is 9.28. The molecular formula is C23H39NO2. The second-order valence-electron chi connectivity index (χ2n) is 9.28. The predicted octanol–water partition coefficient (Wildman–Crippen LogP) is 6.24. The number of nitrogens with one attached hydrogen (secondary N) is 1. The molecule has 148 valence electrons. The molecule has 1 atom stereocenters. The van der Waals surface area contributed by atoms with Gasteiger partial charge in [0.25, 0.3) is 0 Å². The Bertz CT molecular complexity index is 602. The zero-order valence-electron chi connectivity index (χ0n) is 18.3. The Morgan fingerprint density at radius 1 is 1.08 bits per heavy atom. The first-order chi connectivity index (χ1) is 11.8. The topological polar surface area (TPSA) is 30.5 Å². The van der Waals surface area contributed by atoms with Gasteiger partial charge in [-0.3, -0.25) is 0 Å². The summed E-state index contributed by atoms with van der Waals surface area (Å²) in [5.41, 5.74) is 2.74. The van der Waals surface area contributed by atoms with Crippen molar-refractivity contribution < 1.29 is 9.78 Å². The second kappa shape index (κ2) is 8.69. The van der Waals surface area contributed by atoms with Gasteiger partial charge in [0.1, 0.15) is 0 Å². The first-order valence-corrected chi connectivity index (χ1v) is 9.69.